The number of aryl methyl sites for hydroxylation is 2. The van der Waals surface area contributed by atoms with Crippen LogP contribution in [-0.2, 0) is 6.54 Å². The molecule has 4 aromatic rings. The number of rotatable bonds is 4. The highest BCUT2D eigenvalue weighted by Crippen LogP contribution is 2.26. The summed E-state index contributed by atoms with van der Waals surface area (Å²) in [6, 6.07) is 20.0. The maximum atomic E-state index is 12.9. The zero-order valence-electron chi connectivity index (χ0n) is 15.3. The van der Waals surface area contributed by atoms with Crippen LogP contribution in [0.1, 0.15) is 26.4 Å². The number of pyridine rings is 1. The quantitative estimate of drug-likeness (QED) is 0.513. The van der Waals surface area contributed by atoms with Crippen LogP contribution < -0.4 is 5.32 Å². The molecule has 0 spiro atoms. The lowest BCUT2D eigenvalue weighted by atomic mass is 10.0. The van der Waals surface area contributed by atoms with Gasteiger partial charge in [0.1, 0.15) is 0 Å². The fraction of sp³-hybridized carbons (Fsp3) is 0.130. The van der Waals surface area contributed by atoms with E-state index < -0.39 is 0 Å². The number of benzene rings is 2. The van der Waals surface area contributed by atoms with E-state index in [2.05, 4.69) is 37.4 Å². The average molecular weight is 372 g/mol. The van der Waals surface area contributed by atoms with E-state index in [1.807, 2.05) is 47.8 Å². The van der Waals surface area contributed by atoms with Gasteiger partial charge in [0.15, 0.2) is 0 Å². The molecule has 0 aliphatic heterocycles. The van der Waals surface area contributed by atoms with E-state index >= 15 is 0 Å². The number of aromatic nitrogens is 1. The molecule has 3 nitrogen and oxygen atoms in total. The molecular weight excluding hydrogens is 352 g/mol. The van der Waals surface area contributed by atoms with Crippen LogP contribution in [0.4, 0.5) is 0 Å². The Labute approximate surface area is 162 Å². The number of para-hydroxylation sites is 1. The summed E-state index contributed by atoms with van der Waals surface area (Å²) in [4.78, 5) is 18.9. The molecule has 0 unspecified atom stereocenters. The number of hydrogen-bond acceptors (Lipinski definition) is 3. The first-order valence-corrected chi connectivity index (χ1v) is 9.78. The maximum Gasteiger partial charge on any atom is 0.252 e. The number of hydrogen-bond donors (Lipinski definition) is 1. The Morgan fingerprint density at radius 1 is 1.00 bits per heavy atom. The zero-order chi connectivity index (χ0) is 18.8. The number of amides is 1. The molecule has 0 aliphatic carbocycles. The summed E-state index contributed by atoms with van der Waals surface area (Å²) in [5.74, 6) is -0.0768. The molecule has 0 atom stereocenters. The number of nitrogens with one attached hydrogen (secondary N) is 1. The van der Waals surface area contributed by atoms with E-state index in [1.165, 1.54) is 11.1 Å². The fourth-order valence-corrected chi connectivity index (χ4v) is 3.73. The van der Waals surface area contributed by atoms with Crippen LogP contribution in [0.5, 0.6) is 0 Å². The van der Waals surface area contributed by atoms with Gasteiger partial charge >= 0.3 is 0 Å². The van der Waals surface area contributed by atoms with E-state index in [9.17, 15) is 4.79 Å². The summed E-state index contributed by atoms with van der Waals surface area (Å²) in [6.07, 6.45) is 0. The minimum atomic E-state index is -0.0768. The van der Waals surface area contributed by atoms with Crippen LogP contribution in [0.3, 0.4) is 0 Å². The summed E-state index contributed by atoms with van der Waals surface area (Å²) >= 11 is 1.64. The van der Waals surface area contributed by atoms with E-state index in [-0.39, 0.29) is 5.91 Å². The summed E-state index contributed by atoms with van der Waals surface area (Å²) < 4.78 is 0. The molecule has 0 saturated heterocycles. The Balaban J connectivity index is 1.76. The van der Waals surface area contributed by atoms with Gasteiger partial charge in [-0.1, -0.05) is 36.4 Å². The molecule has 1 amide bonds. The molecule has 0 bridgehead atoms. The van der Waals surface area contributed by atoms with Crippen LogP contribution in [0.15, 0.2) is 66.0 Å². The van der Waals surface area contributed by atoms with Gasteiger partial charge in [-0.25, -0.2) is 4.98 Å². The monoisotopic (exact) mass is 372 g/mol. The standard InChI is InChI=1S/C23H20N2OS/c1-15-9-10-17(12-16(15)2)22-13-20(19-7-3-4-8-21(19)25-22)23(26)24-14-18-6-5-11-27-18/h3-13H,14H2,1-2H3,(H,24,26). The molecule has 2 aromatic heterocycles. The molecule has 0 fully saturated rings. The van der Waals surface area contributed by atoms with Crippen molar-refractivity contribution in [3.63, 3.8) is 0 Å². The van der Waals surface area contributed by atoms with Crippen molar-refractivity contribution in [3.8, 4) is 11.3 Å². The van der Waals surface area contributed by atoms with Gasteiger partial charge in [0.2, 0.25) is 0 Å². The Morgan fingerprint density at radius 3 is 2.63 bits per heavy atom. The molecule has 0 aliphatic rings. The Morgan fingerprint density at radius 2 is 1.85 bits per heavy atom. The van der Waals surface area contributed by atoms with Crippen molar-refractivity contribution in [2.45, 2.75) is 20.4 Å². The third kappa shape index (κ3) is 3.62. The van der Waals surface area contributed by atoms with Crippen molar-refractivity contribution in [1.29, 1.82) is 0 Å². The number of thiophene rings is 1. The molecule has 1 N–H and O–H groups in total. The number of carbonyl (C=O) groups excluding carboxylic acids is 1. The van der Waals surface area contributed by atoms with Gasteiger partial charge in [-0.15, -0.1) is 11.3 Å². The number of nitrogens with zero attached hydrogens (tertiary/aromatic N) is 1. The minimum absolute atomic E-state index is 0.0768. The Kier molecular flexibility index (Phi) is 4.73. The van der Waals surface area contributed by atoms with Gasteiger partial charge in [-0.3, -0.25) is 4.79 Å². The summed E-state index contributed by atoms with van der Waals surface area (Å²) in [5, 5.41) is 5.92. The fourth-order valence-electron chi connectivity index (χ4n) is 3.09. The molecular formula is C23H20N2OS. The second kappa shape index (κ2) is 7.33. The van der Waals surface area contributed by atoms with Crippen LogP contribution >= 0.6 is 11.3 Å². The minimum Gasteiger partial charge on any atom is -0.347 e. The molecule has 134 valence electrons. The van der Waals surface area contributed by atoms with Gasteiger partial charge in [0.25, 0.3) is 5.91 Å². The lowest BCUT2D eigenvalue weighted by molar-refractivity contribution is 0.0953. The molecule has 0 radical (unpaired) electrons. The second-order valence-electron chi connectivity index (χ2n) is 6.63. The van der Waals surface area contributed by atoms with Crippen molar-refractivity contribution < 1.29 is 4.79 Å². The topological polar surface area (TPSA) is 42.0 Å². The van der Waals surface area contributed by atoms with E-state index in [1.54, 1.807) is 11.3 Å². The second-order valence-corrected chi connectivity index (χ2v) is 7.67. The van der Waals surface area contributed by atoms with Gasteiger partial charge < -0.3 is 5.32 Å². The van der Waals surface area contributed by atoms with Crippen molar-refractivity contribution in [1.82, 2.24) is 10.3 Å². The third-order valence-electron chi connectivity index (χ3n) is 4.77. The lowest BCUT2D eigenvalue weighted by Gasteiger charge is -2.11. The average Bonchev–Trinajstić information content (AvgIpc) is 3.21. The van der Waals surface area contributed by atoms with E-state index in [0.717, 1.165) is 27.0 Å². The van der Waals surface area contributed by atoms with Gasteiger partial charge in [0.05, 0.1) is 23.3 Å². The SMILES string of the molecule is Cc1ccc(-c2cc(C(=O)NCc3cccs3)c3ccccc3n2)cc1C. The first-order chi connectivity index (χ1) is 13.1. The highest BCUT2D eigenvalue weighted by molar-refractivity contribution is 7.09. The summed E-state index contributed by atoms with van der Waals surface area (Å²) in [7, 11) is 0. The number of carbonyl (C=O) groups is 1. The van der Waals surface area contributed by atoms with Crippen molar-refractivity contribution in [2.24, 2.45) is 0 Å². The lowest BCUT2D eigenvalue weighted by Crippen LogP contribution is -2.22. The molecule has 0 saturated carbocycles. The van der Waals surface area contributed by atoms with Gasteiger partial charge in [0, 0.05) is 15.8 Å². The predicted octanol–water partition coefficient (Wildman–Crippen LogP) is 5.51. The molecule has 4 heteroatoms. The highest BCUT2D eigenvalue weighted by Gasteiger charge is 2.14. The van der Waals surface area contributed by atoms with Crippen molar-refractivity contribution >= 4 is 28.1 Å². The van der Waals surface area contributed by atoms with Crippen LogP contribution in [0, 0.1) is 13.8 Å². The van der Waals surface area contributed by atoms with Crippen molar-refractivity contribution in [3.05, 3.63) is 87.6 Å². The van der Waals surface area contributed by atoms with Crippen LogP contribution in [-0.4, -0.2) is 10.9 Å². The molecule has 27 heavy (non-hydrogen) atoms. The maximum absolute atomic E-state index is 12.9. The van der Waals surface area contributed by atoms with Gasteiger partial charge in [-0.05, 0) is 54.6 Å². The molecule has 2 aromatic carbocycles. The largest absolute Gasteiger partial charge is 0.347 e. The molecule has 2 heterocycles. The zero-order valence-corrected chi connectivity index (χ0v) is 16.1. The van der Waals surface area contributed by atoms with Crippen LogP contribution in [0.25, 0.3) is 22.2 Å². The van der Waals surface area contributed by atoms with E-state index in [4.69, 9.17) is 4.98 Å². The summed E-state index contributed by atoms with van der Waals surface area (Å²) in [5.41, 5.74) is 5.79. The van der Waals surface area contributed by atoms with Gasteiger partial charge in [-0.2, -0.15) is 0 Å². The Bertz CT molecular complexity index is 1120. The third-order valence-corrected chi connectivity index (χ3v) is 5.64. The first-order valence-electron chi connectivity index (χ1n) is 8.90. The highest BCUT2D eigenvalue weighted by atomic mass is 32.1. The first kappa shape index (κ1) is 17.4. The normalized spacial score (nSPS) is 10.9. The van der Waals surface area contributed by atoms with Crippen molar-refractivity contribution in [2.75, 3.05) is 0 Å². The Hall–Kier alpha value is -2.98. The summed E-state index contributed by atoms with van der Waals surface area (Å²) in [6.45, 7) is 4.72. The number of fused-ring (bicyclic) bond motifs is 1. The van der Waals surface area contributed by atoms with Crippen LogP contribution in [0.2, 0.25) is 0 Å². The smallest absolute Gasteiger partial charge is 0.252 e. The molecule has 4 rings (SSSR count). The van der Waals surface area contributed by atoms with E-state index in [0.29, 0.717) is 12.1 Å². The predicted molar refractivity (Wildman–Crippen MR) is 112 cm³/mol.